The summed E-state index contributed by atoms with van der Waals surface area (Å²) in [6.45, 7) is -0.127. The van der Waals surface area contributed by atoms with Gasteiger partial charge in [-0.3, -0.25) is 9.89 Å². The maximum absolute atomic E-state index is 11.7. The number of aromatic amines is 1. The highest BCUT2D eigenvalue weighted by molar-refractivity contribution is 5.89. The quantitative estimate of drug-likeness (QED) is 0.440. The van der Waals surface area contributed by atoms with Gasteiger partial charge in [-0.15, -0.1) is 5.10 Å². The minimum absolute atomic E-state index is 0.00667. The first-order valence-corrected chi connectivity index (χ1v) is 6.66. The summed E-state index contributed by atoms with van der Waals surface area (Å²) in [6.07, 6.45) is 3.13. The van der Waals surface area contributed by atoms with Crippen molar-refractivity contribution in [1.82, 2.24) is 35.8 Å². The molecule has 1 amide bonds. The molecule has 0 fully saturated rings. The first kappa shape index (κ1) is 14.4. The number of tetrazole rings is 1. The Morgan fingerprint density at radius 1 is 1.39 bits per heavy atom. The van der Waals surface area contributed by atoms with Crippen molar-refractivity contribution in [3.05, 3.63) is 42.1 Å². The van der Waals surface area contributed by atoms with Crippen LogP contribution in [0.2, 0.25) is 0 Å². The molecule has 0 unspecified atom stereocenters. The molecule has 10 heteroatoms. The summed E-state index contributed by atoms with van der Waals surface area (Å²) in [7, 11) is 0. The van der Waals surface area contributed by atoms with Crippen molar-refractivity contribution in [3.8, 4) is 11.3 Å². The van der Waals surface area contributed by atoms with E-state index in [2.05, 4.69) is 36.1 Å². The fourth-order valence-electron chi connectivity index (χ4n) is 1.89. The molecule has 3 aromatic rings. The fourth-order valence-corrected chi connectivity index (χ4v) is 1.89. The third-order valence-electron chi connectivity index (χ3n) is 2.88. The van der Waals surface area contributed by atoms with Crippen molar-refractivity contribution in [2.45, 2.75) is 6.54 Å². The Morgan fingerprint density at radius 2 is 2.22 bits per heavy atom. The van der Waals surface area contributed by atoms with E-state index in [0.717, 1.165) is 21.6 Å². The summed E-state index contributed by atoms with van der Waals surface area (Å²) in [5.41, 5.74) is 10.2. The van der Waals surface area contributed by atoms with Gasteiger partial charge >= 0.3 is 0 Å². The molecule has 0 aliphatic rings. The first-order valence-electron chi connectivity index (χ1n) is 6.66. The van der Waals surface area contributed by atoms with E-state index in [1.807, 2.05) is 30.3 Å². The SMILES string of the molecule is Nc1nnn(CC(=O)N/N=C\c2cn[nH]c2-c2ccccc2)n1. The van der Waals surface area contributed by atoms with Crippen LogP contribution in [0.5, 0.6) is 0 Å². The Labute approximate surface area is 130 Å². The first-order chi connectivity index (χ1) is 11.2. The van der Waals surface area contributed by atoms with Gasteiger partial charge in [-0.2, -0.15) is 15.0 Å². The van der Waals surface area contributed by atoms with E-state index in [1.54, 1.807) is 6.20 Å². The number of nitrogens with zero attached hydrogens (tertiary/aromatic N) is 6. The minimum atomic E-state index is -0.400. The van der Waals surface area contributed by atoms with Crippen molar-refractivity contribution >= 4 is 18.1 Å². The molecule has 23 heavy (non-hydrogen) atoms. The molecule has 0 atom stereocenters. The third-order valence-corrected chi connectivity index (χ3v) is 2.88. The van der Waals surface area contributed by atoms with Crippen LogP contribution in [-0.2, 0) is 11.3 Å². The minimum Gasteiger partial charge on any atom is -0.365 e. The van der Waals surface area contributed by atoms with E-state index in [0.29, 0.717) is 0 Å². The van der Waals surface area contributed by atoms with Crippen molar-refractivity contribution in [1.29, 1.82) is 0 Å². The Hall–Kier alpha value is -3.56. The van der Waals surface area contributed by atoms with Crippen LogP contribution in [0.3, 0.4) is 0 Å². The molecule has 3 rings (SSSR count). The van der Waals surface area contributed by atoms with Crippen LogP contribution in [-0.4, -0.2) is 42.5 Å². The van der Waals surface area contributed by atoms with E-state index in [-0.39, 0.29) is 12.5 Å². The zero-order valence-electron chi connectivity index (χ0n) is 11.9. The monoisotopic (exact) mass is 311 g/mol. The van der Waals surface area contributed by atoms with E-state index in [4.69, 9.17) is 5.73 Å². The number of nitrogens with two attached hydrogens (primary N) is 1. The topological polar surface area (TPSA) is 140 Å². The van der Waals surface area contributed by atoms with E-state index in [9.17, 15) is 4.79 Å². The zero-order chi connectivity index (χ0) is 16.1. The second kappa shape index (κ2) is 6.47. The molecule has 0 aliphatic carbocycles. The van der Waals surface area contributed by atoms with E-state index >= 15 is 0 Å². The van der Waals surface area contributed by atoms with Gasteiger partial charge in [0.2, 0.25) is 0 Å². The molecule has 0 radical (unpaired) electrons. The van der Waals surface area contributed by atoms with Crippen LogP contribution in [0.1, 0.15) is 5.56 Å². The molecule has 1 aromatic carbocycles. The molecule has 0 saturated heterocycles. The summed E-state index contributed by atoms with van der Waals surface area (Å²) < 4.78 is 0. The molecule has 10 nitrogen and oxygen atoms in total. The number of aromatic nitrogens is 6. The summed E-state index contributed by atoms with van der Waals surface area (Å²) in [5.74, 6) is -0.393. The number of H-pyrrole nitrogens is 1. The summed E-state index contributed by atoms with van der Waals surface area (Å²) in [5, 5.41) is 21.6. The van der Waals surface area contributed by atoms with Crippen molar-refractivity contribution in [2.75, 3.05) is 5.73 Å². The Bertz CT molecular complexity index is 821. The van der Waals surface area contributed by atoms with Crippen LogP contribution in [0.4, 0.5) is 5.95 Å². The maximum atomic E-state index is 11.7. The molecule has 4 N–H and O–H groups in total. The van der Waals surface area contributed by atoms with Crippen molar-refractivity contribution < 1.29 is 4.79 Å². The van der Waals surface area contributed by atoms with Crippen molar-refractivity contribution in [3.63, 3.8) is 0 Å². The maximum Gasteiger partial charge on any atom is 0.263 e. The van der Waals surface area contributed by atoms with Crippen LogP contribution < -0.4 is 11.2 Å². The number of nitrogens with one attached hydrogen (secondary N) is 2. The summed E-state index contributed by atoms with van der Waals surface area (Å²) in [6, 6.07) is 9.68. The van der Waals surface area contributed by atoms with E-state index in [1.165, 1.54) is 6.21 Å². The number of hydrogen-bond acceptors (Lipinski definition) is 7. The van der Waals surface area contributed by atoms with Gasteiger partial charge in [0.25, 0.3) is 11.9 Å². The summed E-state index contributed by atoms with van der Waals surface area (Å²) in [4.78, 5) is 12.8. The number of hydrazone groups is 1. The number of carbonyl (C=O) groups is 1. The van der Waals surface area contributed by atoms with Gasteiger partial charge < -0.3 is 5.73 Å². The van der Waals surface area contributed by atoms with Crippen LogP contribution in [0.15, 0.2) is 41.6 Å². The zero-order valence-corrected chi connectivity index (χ0v) is 11.9. The number of hydrogen-bond donors (Lipinski definition) is 3. The highest BCUT2D eigenvalue weighted by Gasteiger charge is 2.07. The van der Waals surface area contributed by atoms with E-state index < -0.39 is 5.91 Å². The van der Waals surface area contributed by atoms with Crippen LogP contribution in [0, 0.1) is 0 Å². The molecule has 2 aromatic heterocycles. The highest BCUT2D eigenvalue weighted by atomic mass is 16.2. The number of carbonyl (C=O) groups excluding carboxylic acids is 1. The molecule has 0 spiro atoms. The lowest BCUT2D eigenvalue weighted by Crippen LogP contribution is -2.24. The van der Waals surface area contributed by atoms with Gasteiger partial charge in [-0.25, -0.2) is 5.43 Å². The standard InChI is InChI=1S/C13H13N9O/c14-13-19-21-22(20-13)8-11(23)17-15-6-10-7-16-18-12(10)9-4-2-1-3-5-9/h1-7H,8H2,(H2,14,20)(H,16,18)(H,17,23)/b15-6-. The fraction of sp³-hybridized carbons (Fsp3) is 0.0769. The lowest BCUT2D eigenvalue weighted by atomic mass is 10.1. The predicted octanol–water partition coefficient (Wildman–Crippen LogP) is -0.204. The lowest BCUT2D eigenvalue weighted by Gasteiger charge is -1.99. The van der Waals surface area contributed by atoms with Gasteiger partial charge in [0.1, 0.15) is 6.54 Å². The Morgan fingerprint density at radius 3 is 2.96 bits per heavy atom. The van der Waals surface area contributed by atoms with Gasteiger partial charge in [-0.1, -0.05) is 35.4 Å². The second-order valence-corrected chi connectivity index (χ2v) is 4.54. The average molecular weight is 311 g/mol. The van der Waals surface area contributed by atoms with Gasteiger partial charge in [0.15, 0.2) is 0 Å². The Kier molecular flexibility index (Phi) is 4.05. The van der Waals surface area contributed by atoms with Gasteiger partial charge in [0.05, 0.1) is 18.1 Å². The van der Waals surface area contributed by atoms with Crippen molar-refractivity contribution in [2.24, 2.45) is 5.10 Å². The number of benzene rings is 1. The summed E-state index contributed by atoms with van der Waals surface area (Å²) >= 11 is 0. The number of rotatable bonds is 5. The molecular formula is C13H13N9O. The number of amides is 1. The molecule has 116 valence electrons. The van der Waals surface area contributed by atoms with Gasteiger partial charge in [0, 0.05) is 11.1 Å². The second-order valence-electron chi connectivity index (χ2n) is 4.54. The number of nitrogen functional groups attached to an aromatic ring is 1. The lowest BCUT2D eigenvalue weighted by molar-refractivity contribution is -0.122. The molecule has 0 bridgehead atoms. The number of anilines is 1. The highest BCUT2D eigenvalue weighted by Crippen LogP contribution is 2.18. The molecule has 2 heterocycles. The average Bonchev–Trinajstić information content (AvgIpc) is 3.17. The Balaban J connectivity index is 1.63. The van der Waals surface area contributed by atoms with Gasteiger partial charge in [-0.05, 0) is 5.21 Å². The largest absolute Gasteiger partial charge is 0.365 e. The van der Waals surface area contributed by atoms with Crippen LogP contribution >= 0.6 is 0 Å². The van der Waals surface area contributed by atoms with Crippen LogP contribution in [0.25, 0.3) is 11.3 Å². The molecular weight excluding hydrogens is 298 g/mol. The predicted molar refractivity (Wildman–Crippen MR) is 82.0 cm³/mol. The molecule has 0 saturated carbocycles. The smallest absolute Gasteiger partial charge is 0.263 e. The molecule has 0 aliphatic heterocycles. The third kappa shape index (κ3) is 3.56. The normalized spacial score (nSPS) is 11.0.